The molecule has 22 heavy (non-hydrogen) atoms. The summed E-state index contributed by atoms with van der Waals surface area (Å²) in [6.45, 7) is 3.09. The van der Waals surface area contributed by atoms with E-state index in [0.29, 0.717) is 6.42 Å². The zero-order valence-corrected chi connectivity index (χ0v) is 13.3. The first kappa shape index (κ1) is 13.8. The number of aliphatic hydroxyl groups is 1. The van der Waals surface area contributed by atoms with Crippen LogP contribution >= 0.6 is 0 Å². The van der Waals surface area contributed by atoms with E-state index in [-0.39, 0.29) is 11.5 Å². The molecule has 0 unspecified atom stereocenters. The monoisotopic (exact) mass is 300 g/mol. The molecule has 3 aliphatic rings. The normalized spacial score (nSPS) is 31.7. The lowest BCUT2D eigenvalue weighted by Crippen LogP contribution is -2.42. The lowest BCUT2D eigenvalue weighted by atomic mass is 9.68. The molecule has 116 valence electrons. The fraction of sp³-hybridized carbons (Fsp3) is 0.500. The molecule has 1 N–H and O–H groups in total. The molecule has 0 saturated heterocycles. The third kappa shape index (κ3) is 1.70. The topological polar surface area (TPSA) is 41.7 Å². The van der Waals surface area contributed by atoms with E-state index in [4.69, 9.17) is 9.47 Å². The average Bonchev–Trinajstić information content (AvgIpc) is 2.74. The van der Waals surface area contributed by atoms with Crippen molar-refractivity contribution in [3.63, 3.8) is 0 Å². The van der Waals surface area contributed by atoms with Gasteiger partial charge in [0.05, 0.1) is 18.6 Å². The van der Waals surface area contributed by atoms with Gasteiger partial charge in [-0.25, -0.2) is 4.58 Å². The summed E-state index contributed by atoms with van der Waals surface area (Å²) in [7, 11) is 3.80. The van der Waals surface area contributed by atoms with Gasteiger partial charge in [-0.15, -0.1) is 0 Å². The summed E-state index contributed by atoms with van der Waals surface area (Å²) in [5, 5.41) is 10.0. The number of aryl methyl sites for hydroxylation is 1. The minimum Gasteiger partial charge on any atom is -0.493 e. The van der Waals surface area contributed by atoms with Crippen LogP contribution in [0.2, 0.25) is 0 Å². The Morgan fingerprint density at radius 1 is 1.45 bits per heavy atom. The molecule has 4 rings (SSSR count). The van der Waals surface area contributed by atoms with E-state index in [1.54, 1.807) is 7.11 Å². The second kappa shape index (κ2) is 4.59. The molecule has 4 nitrogen and oxygen atoms in total. The Morgan fingerprint density at radius 3 is 3.05 bits per heavy atom. The van der Waals surface area contributed by atoms with Crippen molar-refractivity contribution < 1.29 is 19.2 Å². The van der Waals surface area contributed by atoms with Crippen LogP contribution in [0.25, 0.3) is 0 Å². The molecule has 4 heteroatoms. The van der Waals surface area contributed by atoms with E-state index in [0.717, 1.165) is 24.5 Å². The highest BCUT2D eigenvalue weighted by Crippen LogP contribution is 2.55. The molecular formula is C18H22NO3+. The van der Waals surface area contributed by atoms with Crippen molar-refractivity contribution in [3.8, 4) is 11.5 Å². The van der Waals surface area contributed by atoms with Crippen molar-refractivity contribution in [1.29, 1.82) is 0 Å². The molecule has 0 radical (unpaired) electrons. The number of hydrogen-bond donors (Lipinski definition) is 1. The maximum absolute atomic E-state index is 10.0. The zero-order chi connectivity index (χ0) is 15.5. The standard InChI is InChI=1S/C18H22NO3/c1-11-8-14(21-3)17-16-13(11)10-19(2)7-6-18(16)5-4-12(20)9-15(18)22-17/h4-5,8,10,12,15,20H,6-7,9H2,1-3H3/q+1/t12-,15+,18+/m1/s1. The van der Waals surface area contributed by atoms with E-state index in [2.05, 4.69) is 36.9 Å². The molecule has 0 saturated carbocycles. The molecule has 2 heterocycles. The molecule has 0 amide bonds. The van der Waals surface area contributed by atoms with Crippen LogP contribution in [0, 0.1) is 6.92 Å². The van der Waals surface area contributed by atoms with Crippen molar-refractivity contribution >= 4 is 6.21 Å². The number of nitrogens with zero attached hydrogens (tertiary/aromatic N) is 1. The van der Waals surface area contributed by atoms with Gasteiger partial charge in [-0.3, -0.25) is 0 Å². The summed E-state index contributed by atoms with van der Waals surface area (Å²) in [5.41, 5.74) is 3.53. The van der Waals surface area contributed by atoms with Gasteiger partial charge in [-0.05, 0) is 18.6 Å². The molecule has 1 aliphatic carbocycles. The van der Waals surface area contributed by atoms with Crippen molar-refractivity contribution in [1.82, 2.24) is 0 Å². The summed E-state index contributed by atoms with van der Waals surface area (Å²) in [4.78, 5) is 0. The first-order valence-corrected chi connectivity index (χ1v) is 7.86. The van der Waals surface area contributed by atoms with E-state index in [1.165, 1.54) is 16.7 Å². The van der Waals surface area contributed by atoms with Gasteiger partial charge in [0.15, 0.2) is 17.7 Å². The smallest absolute Gasteiger partial charge is 0.171 e. The van der Waals surface area contributed by atoms with Gasteiger partial charge < -0.3 is 14.6 Å². The fourth-order valence-electron chi connectivity index (χ4n) is 4.13. The van der Waals surface area contributed by atoms with Gasteiger partial charge in [-0.2, -0.15) is 0 Å². The van der Waals surface area contributed by atoms with Crippen LogP contribution < -0.4 is 9.47 Å². The SMILES string of the molecule is COc1cc(C)c2c3c1O[C@H]1C[C@H](O)C=C[C@@]31CC[N+](C)=C2. The summed E-state index contributed by atoms with van der Waals surface area (Å²) in [6.07, 6.45) is 7.50. The maximum Gasteiger partial charge on any atom is 0.171 e. The van der Waals surface area contributed by atoms with E-state index in [1.807, 2.05) is 6.08 Å². The fourth-order valence-corrected chi connectivity index (χ4v) is 4.13. The number of ether oxygens (including phenoxy) is 2. The van der Waals surface area contributed by atoms with Gasteiger partial charge in [-0.1, -0.05) is 12.2 Å². The third-order valence-corrected chi connectivity index (χ3v) is 5.31. The summed E-state index contributed by atoms with van der Waals surface area (Å²) < 4.78 is 14.1. The zero-order valence-electron chi connectivity index (χ0n) is 13.3. The maximum atomic E-state index is 10.0. The predicted molar refractivity (Wildman–Crippen MR) is 84.4 cm³/mol. The number of benzene rings is 1. The molecular weight excluding hydrogens is 278 g/mol. The van der Waals surface area contributed by atoms with Crippen molar-refractivity contribution in [2.24, 2.45) is 0 Å². The summed E-state index contributed by atoms with van der Waals surface area (Å²) >= 11 is 0. The molecule has 1 aromatic carbocycles. The molecule has 0 bridgehead atoms. The lowest BCUT2D eigenvalue weighted by molar-refractivity contribution is -0.493. The van der Waals surface area contributed by atoms with Crippen molar-refractivity contribution in [2.75, 3.05) is 20.7 Å². The molecule has 0 aromatic heterocycles. The van der Waals surface area contributed by atoms with Crippen LogP contribution in [0.15, 0.2) is 18.2 Å². The first-order valence-electron chi connectivity index (χ1n) is 7.86. The second-order valence-electron chi connectivity index (χ2n) is 6.68. The number of hydrogen-bond acceptors (Lipinski definition) is 3. The minimum atomic E-state index is -0.426. The molecule has 2 aliphatic heterocycles. The Bertz CT molecular complexity index is 707. The van der Waals surface area contributed by atoms with Crippen LogP contribution in [0.5, 0.6) is 11.5 Å². The Morgan fingerprint density at radius 2 is 2.27 bits per heavy atom. The van der Waals surface area contributed by atoms with Crippen LogP contribution in [-0.4, -0.2) is 48.8 Å². The van der Waals surface area contributed by atoms with Crippen molar-refractivity contribution in [3.05, 3.63) is 34.9 Å². The lowest BCUT2D eigenvalue weighted by Gasteiger charge is -2.34. The first-order chi connectivity index (χ1) is 10.5. The molecule has 1 aromatic rings. The molecule has 3 atom stereocenters. The Kier molecular flexibility index (Phi) is 2.89. The van der Waals surface area contributed by atoms with E-state index < -0.39 is 6.10 Å². The molecule has 1 spiro atoms. The predicted octanol–water partition coefficient (Wildman–Crippen LogP) is 1.79. The highest BCUT2D eigenvalue weighted by atomic mass is 16.5. The Balaban J connectivity index is 2.03. The van der Waals surface area contributed by atoms with Gasteiger partial charge in [0.2, 0.25) is 0 Å². The largest absolute Gasteiger partial charge is 0.493 e. The van der Waals surface area contributed by atoms with Gasteiger partial charge in [0.1, 0.15) is 19.7 Å². The number of methoxy groups -OCH3 is 1. The second-order valence-corrected chi connectivity index (χ2v) is 6.68. The highest BCUT2D eigenvalue weighted by molar-refractivity contribution is 5.85. The average molecular weight is 300 g/mol. The van der Waals surface area contributed by atoms with Crippen LogP contribution in [0.4, 0.5) is 0 Å². The summed E-state index contributed by atoms with van der Waals surface area (Å²) in [5.74, 6) is 1.66. The van der Waals surface area contributed by atoms with Gasteiger partial charge in [0.25, 0.3) is 0 Å². The van der Waals surface area contributed by atoms with Crippen LogP contribution in [0.3, 0.4) is 0 Å². The third-order valence-electron chi connectivity index (χ3n) is 5.31. The molecule has 0 fully saturated rings. The van der Waals surface area contributed by atoms with Crippen LogP contribution in [-0.2, 0) is 5.41 Å². The number of aliphatic hydroxyl groups excluding tert-OH is 1. The Labute approximate surface area is 130 Å². The Hall–Kier alpha value is -1.81. The quantitative estimate of drug-likeness (QED) is 0.635. The number of rotatable bonds is 1. The van der Waals surface area contributed by atoms with Crippen LogP contribution in [0.1, 0.15) is 29.5 Å². The van der Waals surface area contributed by atoms with E-state index in [9.17, 15) is 5.11 Å². The highest BCUT2D eigenvalue weighted by Gasteiger charge is 2.53. The summed E-state index contributed by atoms with van der Waals surface area (Å²) in [6, 6.07) is 2.05. The van der Waals surface area contributed by atoms with Crippen molar-refractivity contribution in [2.45, 2.75) is 37.4 Å². The van der Waals surface area contributed by atoms with Gasteiger partial charge in [0, 0.05) is 24.0 Å². The van der Waals surface area contributed by atoms with Gasteiger partial charge >= 0.3 is 0 Å². The van der Waals surface area contributed by atoms with E-state index >= 15 is 0 Å². The minimum absolute atomic E-state index is 0.0168.